The number of aromatic nitrogens is 3. The molecule has 1 heterocycles. The Hall–Kier alpha value is -2.75. The Balaban J connectivity index is 1.75. The highest BCUT2D eigenvalue weighted by molar-refractivity contribution is 5.58. The van der Waals surface area contributed by atoms with Crippen molar-refractivity contribution in [2.45, 2.75) is 6.54 Å². The number of hydrogen-bond donors (Lipinski definition) is 1. The van der Waals surface area contributed by atoms with Crippen LogP contribution in [0.2, 0.25) is 0 Å². The van der Waals surface area contributed by atoms with Gasteiger partial charge in [0, 0.05) is 12.1 Å². The minimum atomic E-state index is 0.537. The van der Waals surface area contributed by atoms with Gasteiger partial charge < -0.3 is 5.32 Å². The monoisotopic (exact) mass is 262 g/mol. The summed E-state index contributed by atoms with van der Waals surface area (Å²) >= 11 is 0. The molecule has 98 valence electrons. The molecule has 0 fully saturated rings. The molecule has 0 unspecified atom stereocenters. The molecule has 0 saturated carbocycles. The zero-order valence-electron chi connectivity index (χ0n) is 10.9. The minimum absolute atomic E-state index is 0.537. The normalized spacial score (nSPS) is 10.2. The van der Waals surface area contributed by atoms with E-state index in [1.807, 2.05) is 48.5 Å². The van der Waals surface area contributed by atoms with E-state index in [0.717, 1.165) is 11.3 Å². The van der Waals surface area contributed by atoms with Gasteiger partial charge in [0.05, 0.1) is 11.9 Å². The number of anilines is 1. The summed E-state index contributed by atoms with van der Waals surface area (Å²) in [6, 6.07) is 20.1. The first-order valence-corrected chi connectivity index (χ1v) is 6.45. The van der Waals surface area contributed by atoms with Crippen molar-refractivity contribution in [2.75, 3.05) is 5.32 Å². The van der Waals surface area contributed by atoms with Crippen LogP contribution in [0.3, 0.4) is 0 Å². The quantitative estimate of drug-likeness (QED) is 0.784. The molecule has 0 aliphatic rings. The first kappa shape index (κ1) is 12.3. The first-order chi connectivity index (χ1) is 9.92. The molecular formula is C16H14N4. The van der Waals surface area contributed by atoms with E-state index >= 15 is 0 Å². The Bertz CT molecular complexity index is 668. The van der Waals surface area contributed by atoms with E-state index in [1.54, 1.807) is 6.20 Å². The van der Waals surface area contributed by atoms with E-state index in [-0.39, 0.29) is 0 Å². The van der Waals surface area contributed by atoms with E-state index < -0.39 is 0 Å². The van der Waals surface area contributed by atoms with Crippen LogP contribution in [0, 0.1) is 0 Å². The number of nitrogens with one attached hydrogen (secondary N) is 1. The highest BCUT2D eigenvalue weighted by Gasteiger charge is 2.02. The summed E-state index contributed by atoms with van der Waals surface area (Å²) in [7, 11) is 0. The molecule has 0 atom stereocenters. The van der Waals surface area contributed by atoms with Crippen molar-refractivity contribution in [3.8, 4) is 11.3 Å². The Morgan fingerprint density at radius 2 is 1.55 bits per heavy atom. The fraction of sp³-hybridized carbons (Fsp3) is 0.0625. The average molecular weight is 262 g/mol. The molecule has 4 nitrogen and oxygen atoms in total. The van der Waals surface area contributed by atoms with Gasteiger partial charge >= 0.3 is 0 Å². The van der Waals surface area contributed by atoms with Gasteiger partial charge in [-0.2, -0.15) is 5.10 Å². The van der Waals surface area contributed by atoms with Crippen LogP contribution in [0.5, 0.6) is 0 Å². The molecule has 0 saturated heterocycles. The second kappa shape index (κ2) is 5.93. The first-order valence-electron chi connectivity index (χ1n) is 6.45. The Morgan fingerprint density at radius 3 is 2.30 bits per heavy atom. The van der Waals surface area contributed by atoms with E-state index in [0.29, 0.717) is 12.5 Å². The molecule has 20 heavy (non-hydrogen) atoms. The summed E-state index contributed by atoms with van der Waals surface area (Å²) in [6.07, 6.45) is 1.67. The lowest BCUT2D eigenvalue weighted by atomic mass is 10.2. The predicted octanol–water partition coefficient (Wildman–Crippen LogP) is 3.15. The number of rotatable bonds is 4. The van der Waals surface area contributed by atoms with Gasteiger partial charge in [0.1, 0.15) is 0 Å². The molecular weight excluding hydrogens is 248 g/mol. The van der Waals surface area contributed by atoms with Gasteiger partial charge in [0.25, 0.3) is 0 Å². The molecule has 0 amide bonds. The van der Waals surface area contributed by atoms with E-state index in [9.17, 15) is 0 Å². The topological polar surface area (TPSA) is 50.7 Å². The van der Waals surface area contributed by atoms with Crippen molar-refractivity contribution in [3.63, 3.8) is 0 Å². The number of nitrogens with zero attached hydrogens (tertiary/aromatic N) is 3. The Labute approximate surface area is 117 Å². The molecule has 0 bridgehead atoms. The van der Waals surface area contributed by atoms with Crippen molar-refractivity contribution in [2.24, 2.45) is 0 Å². The van der Waals surface area contributed by atoms with Crippen LogP contribution in [0.15, 0.2) is 66.9 Å². The van der Waals surface area contributed by atoms with Gasteiger partial charge in [0.2, 0.25) is 5.95 Å². The van der Waals surface area contributed by atoms with Crippen LogP contribution in [0.25, 0.3) is 11.3 Å². The molecule has 2 aromatic carbocycles. The zero-order chi connectivity index (χ0) is 13.6. The van der Waals surface area contributed by atoms with Gasteiger partial charge in [-0.1, -0.05) is 60.7 Å². The van der Waals surface area contributed by atoms with Gasteiger partial charge in [-0.25, -0.2) is 4.98 Å². The third-order valence-corrected chi connectivity index (χ3v) is 2.92. The lowest BCUT2D eigenvalue weighted by Crippen LogP contribution is -2.05. The van der Waals surface area contributed by atoms with Crippen molar-refractivity contribution in [1.82, 2.24) is 15.2 Å². The number of benzene rings is 2. The average Bonchev–Trinajstić information content (AvgIpc) is 2.55. The largest absolute Gasteiger partial charge is 0.349 e. The van der Waals surface area contributed by atoms with Gasteiger partial charge in [0.15, 0.2) is 0 Å². The SMILES string of the molecule is c1ccc(CNc2nncc(-c3ccccc3)n2)cc1. The zero-order valence-corrected chi connectivity index (χ0v) is 10.9. The van der Waals surface area contributed by atoms with Crippen LogP contribution in [-0.4, -0.2) is 15.2 Å². The third kappa shape index (κ3) is 2.98. The smallest absolute Gasteiger partial charge is 0.243 e. The molecule has 1 N–H and O–H groups in total. The molecule has 0 spiro atoms. The summed E-state index contributed by atoms with van der Waals surface area (Å²) in [5.74, 6) is 0.537. The van der Waals surface area contributed by atoms with Crippen LogP contribution in [0.1, 0.15) is 5.56 Å². The van der Waals surface area contributed by atoms with Crippen molar-refractivity contribution in [3.05, 3.63) is 72.4 Å². The van der Waals surface area contributed by atoms with Crippen molar-refractivity contribution in [1.29, 1.82) is 0 Å². The van der Waals surface area contributed by atoms with Gasteiger partial charge in [-0.15, -0.1) is 5.10 Å². The molecule has 4 heteroatoms. The van der Waals surface area contributed by atoms with Crippen molar-refractivity contribution >= 4 is 5.95 Å². The molecule has 1 aromatic heterocycles. The molecule has 0 aliphatic carbocycles. The Morgan fingerprint density at radius 1 is 0.850 bits per heavy atom. The van der Waals surface area contributed by atoms with Crippen LogP contribution >= 0.6 is 0 Å². The maximum absolute atomic E-state index is 4.47. The van der Waals surface area contributed by atoms with E-state index in [4.69, 9.17) is 0 Å². The molecule has 3 rings (SSSR count). The molecule has 0 radical (unpaired) electrons. The predicted molar refractivity (Wildman–Crippen MR) is 79.0 cm³/mol. The van der Waals surface area contributed by atoms with Crippen molar-refractivity contribution < 1.29 is 0 Å². The van der Waals surface area contributed by atoms with E-state index in [2.05, 4.69) is 32.6 Å². The maximum Gasteiger partial charge on any atom is 0.243 e. The maximum atomic E-state index is 4.47. The minimum Gasteiger partial charge on any atom is -0.349 e. The summed E-state index contributed by atoms with van der Waals surface area (Å²) in [5, 5.41) is 11.2. The summed E-state index contributed by atoms with van der Waals surface area (Å²) in [4.78, 5) is 4.47. The standard InChI is InChI=1S/C16H14N4/c1-3-7-13(8-4-1)11-17-16-19-15(12-18-20-16)14-9-5-2-6-10-14/h1-10,12H,11H2,(H,17,19,20). The van der Waals surface area contributed by atoms with Crippen LogP contribution in [0.4, 0.5) is 5.95 Å². The van der Waals surface area contributed by atoms with E-state index in [1.165, 1.54) is 5.56 Å². The van der Waals surface area contributed by atoms with Gasteiger partial charge in [-0.05, 0) is 5.56 Å². The highest BCUT2D eigenvalue weighted by atomic mass is 15.2. The molecule has 0 aliphatic heterocycles. The third-order valence-electron chi connectivity index (χ3n) is 2.92. The van der Waals surface area contributed by atoms with Crippen LogP contribution < -0.4 is 5.32 Å². The fourth-order valence-electron chi connectivity index (χ4n) is 1.90. The lowest BCUT2D eigenvalue weighted by molar-refractivity contribution is 0.949. The fourth-order valence-corrected chi connectivity index (χ4v) is 1.90. The lowest BCUT2D eigenvalue weighted by Gasteiger charge is -2.05. The summed E-state index contributed by atoms with van der Waals surface area (Å²) < 4.78 is 0. The second-order valence-electron chi connectivity index (χ2n) is 4.37. The highest BCUT2D eigenvalue weighted by Crippen LogP contribution is 2.15. The summed E-state index contributed by atoms with van der Waals surface area (Å²) in [6.45, 7) is 0.681. The van der Waals surface area contributed by atoms with Gasteiger partial charge in [-0.3, -0.25) is 0 Å². The number of hydrogen-bond acceptors (Lipinski definition) is 4. The second-order valence-corrected chi connectivity index (χ2v) is 4.37. The Kier molecular flexibility index (Phi) is 3.64. The molecule has 3 aromatic rings. The van der Waals surface area contributed by atoms with Crippen LogP contribution in [-0.2, 0) is 6.54 Å². The summed E-state index contributed by atoms with van der Waals surface area (Å²) in [5.41, 5.74) is 3.03.